The smallest absolute Gasteiger partial charge is 0.242 e. The number of rotatable bonds is 3. The van der Waals surface area contributed by atoms with Crippen molar-refractivity contribution in [3.63, 3.8) is 0 Å². The quantitative estimate of drug-likeness (QED) is 0.578. The Hall–Kier alpha value is -2.13. The van der Waals surface area contributed by atoms with Gasteiger partial charge in [-0.25, -0.2) is 9.79 Å². The maximum absolute atomic E-state index is 11.4. The molecular formula is C12H13N3O2. The highest BCUT2D eigenvalue weighted by Crippen LogP contribution is 2.21. The van der Waals surface area contributed by atoms with Crippen LogP contribution in [0, 0.1) is 0 Å². The molecular weight excluding hydrogens is 218 g/mol. The topological polar surface area (TPSA) is 53.0 Å². The molecule has 0 aromatic heterocycles. The van der Waals surface area contributed by atoms with E-state index in [0.29, 0.717) is 19.5 Å². The summed E-state index contributed by atoms with van der Waals surface area (Å²) in [6.07, 6.45) is 2.06. The minimum atomic E-state index is 0.125. The monoisotopic (exact) mass is 231 g/mol. The minimum absolute atomic E-state index is 0.125. The summed E-state index contributed by atoms with van der Waals surface area (Å²) in [5.74, 6) is 0.125. The van der Waals surface area contributed by atoms with Crippen molar-refractivity contribution < 1.29 is 9.59 Å². The average molecular weight is 231 g/mol. The molecule has 5 nitrogen and oxygen atoms in total. The third-order valence-corrected chi connectivity index (χ3v) is 2.82. The molecule has 1 heterocycles. The fraction of sp³-hybridized carbons (Fsp3) is 0.333. The Balaban J connectivity index is 2.12. The molecule has 0 unspecified atom stereocenters. The van der Waals surface area contributed by atoms with E-state index in [9.17, 15) is 9.59 Å². The maximum atomic E-state index is 11.4. The van der Waals surface area contributed by atoms with Crippen molar-refractivity contribution >= 4 is 17.7 Å². The van der Waals surface area contributed by atoms with Crippen molar-refractivity contribution in [2.24, 2.45) is 4.99 Å². The van der Waals surface area contributed by atoms with Gasteiger partial charge in [-0.1, -0.05) is 12.1 Å². The lowest BCUT2D eigenvalue weighted by Crippen LogP contribution is -2.35. The zero-order valence-electron chi connectivity index (χ0n) is 9.59. The number of aliphatic imine (C=N–C) groups is 1. The van der Waals surface area contributed by atoms with Gasteiger partial charge in [-0.2, -0.15) is 0 Å². The Kier molecular flexibility index (Phi) is 3.21. The number of benzene rings is 1. The Morgan fingerprint density at radius 3 is 2.59 bits per heavy atom. The molecule has 1 amide bonds. The summed E-state index contributed by atoms with van der Waals surface area (Å²) in [6, 6.07) is 7.63. The molecule has 5 heteroatoms. The molecule has 0 saturated carbocycles. The Bertz CT molecular complexity index is 463. The second-order valence-electron chi connectivity index (χ2n) is 3.86. The lowest BCUT2D eigenvalue weighted by atomic mass is 10.2. The van der Waals surface area contributed by atoms with E-state index in [2.05, 4.69) is 4.99 Å². The SMILES string of the molecule is CN1C(=O)CCN1c1ccc(CN=C=O)cc1. The largest absolute Gasteiger partial charge is 0.283 e. The van der Waals surface area contributed by atoms with E-state index >= 15 is 0 Å². The highest BCUT2D eigenvalue weighted by molar-refractivity contribution is 5.81. The minimum Gasteiger partial charge on any atom is -0.283 e. The van der Waals surface area contributed by atoms with Gasteiger partial charge in [0.05, 0.1) is 12.2 Å². The van der Waals surface area contributed by atoms with E-state index in [0.717, 1.165) is 11.3 Å². The summed E-state index contributed by atoms with van der Waals surface area (Å²) in [5.41, 5.74) is 1.92. The van der Waals surface area contributed by atoms with Crippen LogP contribution < -0.4 is 5.01 Å². The number of hydrogen-bond donors (Lipinski definition) is 0. The van der Waals surface area contributed by atoms with Crippen molar-refractivity contribution in [3.05, 3.63) is 29.8 Å². The summed E-state index contributed by atoms with van der Waals surface area (Å²) in [7, 11) is 1.76. The van der Waals surface area contributed by atoms with Gasteiger partial charge in [-0.15, -0.1) is 0 Å². The molecule has 1 aliphatic heterocycles. The van der Waals surface area contributed by atoms with Gasteiger partial charge in [0, 0.05) is 20.0 Å². The first-order valence-electron chi connectivity index (χ1n) is 5.39. The predicted molar refractivity (Wildman–Crippen MR) is 63.0 cm³/mol. The molecule has 0 radical (unpaired) electrons. The molecule has 1 aromatic rings. The second kappa shape index (κ2) is 4.80. The zero-order chi connectivity index (χ0) is 12.3. The number of carbonyl (C=O) groups is 1. The molecule has 0 spiro atoms. The first-order valence-corrected chi connectivity index (χ1v) is 5.39. The highest BCUT2D eigenvalue weighted by Gasteiger charge is 2.25. The summed E-state index contributed by atoms with van der Waals surface area (Å²) < 4.78 is 0. The van der Waals surface area contributed by atoms with Gasteiger partial charge in [-0.3, -0.25) is 14.8 Å². The Morgan fingerprint density at radius 1 is 1.35 bits per heavy atom. The molecule has 0 aliphatic carbocycles. The van der Waals surface area contributed by atoms with Crippen LogP contribution in [0.1, 0.15) is 12.0 Å². The number of amides is 1. The number of isocyanates is 1. The van der Waals surface area contributed by atoms with E-state index in [1.807, 2.05) is 29.3 Å². The van der Waals surface area contributed by atoms with Crippen LogP contribution in [0.2, 0.25) is 0 Å². The standard InChI is InChI=1S/C12H13N3O2/c1-14-12(17)6-7-15(14)11-4-2-10(3-5-11)8-13-9-16/h2-5H,6-8H2,1H3. The zero-order valence-corrected chi connectivity index (χ0v) is 9.59. The molecule has 17 heavy (non-hydrogen) atoms. The second-order valence-corrected chi connectivity index (χ2v) is 3.86. The molecule has 1 saturated heterocycles. The van der Waals surface area contributed by atoms with Crippen molar-refractivity contribution in [3.8, 4) is 0 Å². The van der Waals surface area contributed by atoms with Crippen LogP contribution in [0.5, 0.6) is 0 Å². The van der Waals surface area contributed by atoms with Crippen molar-refractivity contribution in [1.29, 1.82) is 0 Å². The van der Waals surface area contributed by atoms with Gasteiger partial charge < -0.3 is 0 Å². The molecule has 1 aliphatic rings. The molecule has 2 rings (SSSR count). The van der Waals surface area contributed by atoms with Gasteiger partial charge in [0.15, 0.2) is 0 Å². The van der Waals surface area contributed by atoms with Crippen LogP contribution in [-0.4, -0.2) is 30.6 Å². The third-order valence-electron chi connectivity index (χ3n) is 2.82. The van der Waals surface area contributed by atoms with Crippen molar-refractivity contribution in [2.45, 2.75) is 13.0 Å². The Morgan fingerprint density at radius 2 is 2.06 bits per heavy atom. The fourth-order valence-electron chi connectivity index (χ4n) is 1.85. The summed E-state index contributed by atoms with van der Waals surface area (Å²) in [4.78, 5) is 24.9. The first-order chi connectivity index (χ1) is 8.22. The van der Waals surface area contributed by atoms with Crippen LogP contribution in [0.15, 0.2) is 29.3 Å². The predicted octanol–water partition coefficient (Wildman–Crippen LogP) is 1.11. The van der Waals surface area contributed by atoms with Crippen LogP contribution >= 0.6 is 0 Å². The molecule has 1 fully saturated rings. The number of anilines is 1. The van der Waals surface area contributed by atoms with Crippen LogP contribution in [0.25, 0.3) is 0 Å². The van der Waals surface area contributed by atoms with Gasteiger partial charge in [-0.05, 0) is 17.7 Å². The van der Waals surface area contributed by atoms with Crippen LogP contribution in [0.4, 0.5) is 5.69 Å². The Labute approximate surface area is 99.3 Å². The molecule has 88 valence electrons. The normalized spacial score (nSPS) is 15.0. The van der Waals surface area contributed by atoms with Gasteiger partial charge in [0.1, 0.15) is 0 Å². The number of hydrazine groups is 1. The van der Waals surface area contributed by atoms with E-state index in [4.69, 9.17) is 0 Å². The van der Waals surface area contributed by atoms with Crippen LogP contribution in [-0.2, 0) is 16.1 Å². The number of nitrogens with zero attached hydrogens (tertiary/aromatic N) is 3. The van der Waals surface area contributed by atoms with Gasteiger partial charge in [0.25, 0.3) is 0 Å². The van der Waals surface area contributed by atoms with E-state index in [1.54, 1.807) is 12.1 Å². The van der Waals surface area contributed by atoms with E-state index in [1.165, 1.54) is 6.08 Å². The van der Waals surface area contributed by atoms with E-state index in [-0.39, 0.29) is 5.91 Å². The van der Waals surface area contributed by atoms with Gasteiger partial charge in [0.2, 0.25) is 12.0 Å². The molecule has 1 aromatic carbocycles. The number of hydrogen-bond acceptors (Lipinski definition) is 4. The summed E-state index contributed by atoms with van der Waals surface area (Å²) >= 11 is 0. The lowest BCUT2D eigenvalue weighted by Gasteiger charge is -2.26. The molecule has 0 atom stereocenters. The summed E-state index contributed by atoms with van der Waals surface area (Å²) in [5, 5.41) is 3.55. The molecule has 0 bridgehead atoms. The lowest BCUT2D eigenvalue weighted by molar-refractivity contribution is -0.126. The first kappa shape index (κ1) is 11.4. The third kappa shape index (κ3) is 2.34. The molecule has 0 N–H and O–H groups in total. The highest BCUT2D eigenvalue weighted by atomic mass is 16.2. The average Bonchev–Trinajstić information content (AvgIpc) is 2.68. The van der Waals surface area contributed by atoms with Gasteiger partial charge >= 0.3 is 0 Å². The number of carbonyl (C=O) groups excluding carboxylic acids is 2. The summed E-state index contributed by atoms with van der Waals surface area (Å²) in [6.45, 7) is 1.06. The maximum Gasteiger partial charge on any atom is 0.242 e. The van der Waals surface area contributed by atoms with Crippen LogP contribution in [0.3, 0.4) is 0 Å². The van der Waals surface area contributed by atoms with E-state index < -0.39 is 0 Å². The fourth-order valence-corrected chi connectivity index (χ4v) is 1.85. The van der Waals surface area contributed by atoms with Crippen molar-refractivity contribution in [2.75, 3.05) is 18.6 Å². The van der Waals surface area contributed by atoms with Crippen molar-refractivity contribution in [1.82, 2.24) is 5.01 Å².